The Hall–Kier alpha value is -1.41. The average molecular weight is 800 g/mol. The molecule has 0 spiro atoms. The molecule has 1 rings (SSSR count). The molecule has 1 saturated heterocycles. The van der Waals surface area contributed by atoms with Crippen molar-refractivity contribution in [3.8, 4) is 0 Å². The van der Waals surface area contributed by atoms with Gasteiger partial charge in [-0.05, 0) is 44.9 Å². The smallest absolute Gasteiger partial charge is 0.249 e. The van der Waals surface area contributed by atoms with Crippen molar-refractivity contribution in [3.63, 3.8) is 0 Å². The molecule has 1 aliphatic rings. The summed E-state index contributed by atoms with van der Waals surface area (Å²) in [6.45, 7) is 3.36. The van der Waals surface area contributed by atoms with Crippen LogP contribution in [0.3, 0.4) is 0 Å². The van der Waals surface area contributed by atoms with Crippen LogP contribution in [0.15, 0.2) is 24.3 Å². The van der Waals surface area contributed by atoms with E-state index in [1.807, 2.05) is 0 Å². The lowest BCUT2D eigenvalue weighted by Crippen LogP contribution is -2.60. The minimum absolute atomic E-state index is 0.247. The minimum atomic E-state index is -1.67. The number of carbonyl (C=O) groups excluding carboxylic acids is 1. The summed E-state index contributed by atoms with van der Waals surface area (Å²) in [5, 5.41) is 75.4. The Labute approximate surface area is 340 Å². The summed E-state index contributed by atoms with van der Waals surface area (Å²) in [4.78, 5) is 13.1. The van der Waals surface area contributed by atoms with Crippen LogP contribution in [-0.2, 0) is 14.3 Å². The fourth-order valence-electron chi connectivity index (χ4n) is 7.15. The van der Waals surface area contributed by atoms with Crippen LogP contribution in [0.1, 0.15) is 187 Å². The van der Waals surface area contributed by atoms with Gasteiger partial charge in [-0.3, -0.25) is 4.79 Å². The van der Waals surface area contributed by atoms with Gasteiger partial charge in [0.25, 0.3) is 0 Å². The summed E-state index contributed by atoms with van der Waals surface area (Å²) in [5.41, 5.74) is 0. The highest BCUT2D eigenvalue weighted by atomic mass is 16.7. The molecule has 9 atom stereocenters. The van der Waals surface area contributed by atoms with Gasteiger partial charge in [-0.25, -0.2) is 0 Å². The molecule has 1 amide bonds. The van der Waals surface area contributed by atoms with Crippen LogP contribution in [0, 0.1) is 0 Å². The Balaban J connectivity index is 2.45. The van der Waals surface area contributed by atoms with Gasteiger partial charge in [0.2, 0.25) is 5.91 Å². The van der Waals surface area contributed by atoms with Crippen molar-refractivity contribution in [1.29, 1.82) is 0 Å². The van der Waals surface area contributed by atoms with E-state index in [-0.39, 0.29) is 12.8 Å². The third-order valence-electron chi connectivity index (χ3n) is 11.0. The molecule has 0 aromatic carbocycles. The van der Waals surface area contributed by atoms with Crippen molar-refractivity contribution in [1.82, 2.24) is 5.32 Å². The second-order valence-electron chi connectivity index (χ2n) is 16.1. The number of nitrogens with one attached hydrogen (secondary N) is 1. The van der Waals surface area contributed by atoms with Crippen LogP contribution in [-0.4, -0.2) is 110 Å². The molecule has 0 radical (unpaired) electrons. The molecule has 0 saturated carbocycles. The van der Waals surface area contributed by atoms with Crippen molar-refractivity contribution >= 4 is 5.91 Å². The summed E-state index contributed by atoms with van der Waals surface area (Å²) < 4.78 is 11.0. The van der Waals surface area contributed by atoms with Gasteiger partial charge in [0.05, 0.1) is 25.4 Å². The molecular weight excluding hydrogens is 714 g/mol. The SMILES string of the molecule is CCCC/C=C/CC/C=C/CCCC(O)C(O)C(COC1OC(CO)C(O)C(O)C1O)NC(=O)C(O)CCCCCCCCCCCCCCCCCCCC. The fraction of sp³-hybridized carbons (Fsp3) is 0.889. The molecule has 0 aromatic heterocycles. The topological polar surface area (TPSA) is 189 Å². The highest BCUT2D eigenvalue weighted by Crippen LogP contribution is 2.23. The zero-order valence-corrected chi connectivity index (χ0v) is 35.4. The quantitative estimate of drug-likeness (QED) is 0.0239. The maximum absolute atomic E-state index is 13.1. The second kappa shape index (κ2) is 35.5. The molecule has 8 N–H and O–H groups in total. The summed E-state index contributed by atoms with van der Waals surface area (Å²) in [6.07, 6.45) is 26.7. The molecule has 1 aliphatic heterocycles. The number of allylic oxidation sites excluding steroid dienone is 4. The van der Waals surface area contributed by atoms with Gasteiger partial charge in [-0.15, -0.1) is 0 Å². The summed E-state index contributed by atoms with van der Waals surface area (Å²) in [6, 6.07) is -1.19. The monoisotopic (exact) mass is 800 g/mol. The maximum Gasteiger partial charge on any atom is 0.249 e. The first-order valence-corrected chi connectivity index (χ1v) is 22.7. The van der Waals surface area contributed by atoms with Crippen molar-refractivity contribution < 1.29 is 50.0 Å². The molecule has 1 heterocycles. The predicted molar refractivity (Wildman–Crippen MR) is 224 cm³/mol. The van der Waals surface area contributed by atoms with E-state index < -0.39 is 74.2 Å². The molecule has 0 aliphatic carbocycles. The number of rotatable bonds is 37. The Morgan fingerprint density at radius 1 is 0.607 bits per heavy atom. The first kappa shape index (κ1) is 52.6. The predicted octanol–water partition coefficient (Wildman–Crippen LogP) is 7.06. The van der Waals surface area contributed by atoms with Crippen LogP contribution in [0.4, 0.5) is 0 Å². The number of amides is 1. The van der Waals surface area contributed by atoms with Gasteiger partial charge >= 0.3 is 0 Å². The molecule has 9 unspecified atom stereocenters. The van der Waals surface area contributed by atoms with Gasteiger partial charge in [0.15, 0.2) is 6.29 Å². The van der Waals surface area contributed by atoms with Crippen LogP contribution in [0.25, 0.3) is 0 Å². The summed E-state index contributed by atoms with van der Waals surface area (Å²) >= 11 is 0. The lowest BCUT2D eigenvalue weighted by Gasteiger charge is -2.40. The van der Waals surface area contributed by atoms with Gasteiger partial charge in [0.1, 0.15) is 36.6 Å². The van der Waals surface area contributed by atoms with Gasteiger partial charge < -0.3 is 50.5 Å². The van der Waals surface area contributed by atoms with E-state index in [2.05, 4.69) is 43.5 Å². The minimum Gasteiger partial charge on any atom is -0.394 e. The second-order valence-corrected chi connectivity index (χ2v) is 16.1. The standard InChI is InChI=1S/C45H85NO10/c1-3-5-7-9-11-13-15-16-17-18-19-20-21-23-25-27-29-31-33-38(49)44(54)46-36(35-55-45-43(53)42(52)41(51)39(34-47)56-45)40(50)37(48)32-30-28-26-24-22-14-12-10-8-6-4-2/h10,12,24,26,36-43,45,47-53H,3-9,11,13-23,25,27-35H2,1-2H3,(H,46,54)/b12-10+,26-24+. The van der Waals surface area contributed by atoms with Gasteiger partial charge in [-0.2, -0.15) is 0 Å². The number of hydrogen-bond donors (Lipinski definition) is 8. The first-order chi connectivity index (χ1) is 27.2. The maximum atomic E-state index is 13.1. The van der Waals surface area contributed by atoms with Crippen LogP contribution >= 0.6 is 0 Å². The largest absolute Gasteiger partial charge is 0.394 e. The number of aliphatic hydroxyl groups excluding tert-OH is 7. The van der Waals surface area contributed by atoms with Gasteiger partial charge in [0, 0.05) is 0 Å². The number of unbranched alkanes of at least 4 members (excludes halogenated alkanes) is 21. The third-order valence-corrected chi connectivity index (χ3v) is 11.0. The van der Waals surface area contributed by atoms with E-state index in [0.717, 1.165) is 38.5 Å². The Morgan fingerprint density at radius 2 is 1.07 bits per heavy atom. The van der Waals surface area contributed by atoms with E-state index in [4.69, 9.17) is 9.47 Å². The van der Waals surface area contributed by atoms with Crippen LogP contribution in [0.5, 0.6) is 0 Å². The Kier molecular flexibility index (Phi) is 33.4. The van der Waals surface area contributed by atoms with E-state index in [1.54, 1.807) is 0 Å². The number of ether oxygens (including phenoxy) is 2. The Morgan fingerprint density at radius 3 is 1.57 bits per heavy atom. The van der Waals surface area contributed by atoms with E-state index in [9.17, 15) is 40.5 Å². The normalized spacial score (nSPS) is 22.5. The third kappa shape index (κ3) is 25.2. The molecule has 11 heteroatoms. The fourth-order valence-corrected chi connectivity index (χ4v) is 7.15. The zero-order chi connectivity index (χ0) is 41.2. The van der Waals surface area contributed by atoms with Crippen LogP contribution < -0.4 is 5.32 Å². The lowest BCUT2D eigenvalue weighted by molar-refractivity contribution is -0.303. The molecule has 0 aromatic rings. The van der Waals surface area contributed by atoms with E-state index in [0.29, 0.717) is 19.3 Å². The van der Waals surface area contributed by atoms with Crippen molar-refractivity contribution in [3.05, 3.63) is 24.3 Å². The molecule has 56 heavy (non-hydrogen) atoms. The van der Waals surface area contributed by atoms with Crippen molar-refractivity contribution in [2.45, 2.75) is 242 Å². The van der Waals surface area contributed by atoms with Crippen molar-refractivity contribution in [2.75, 3.05) is 13.2 Å². The Bertz CT molecular complexity index is 965. The van der Waals surface area contributed by atoms with Crippen LogP contribution in [0.2, 0.25) is 0 Å². The summed E-state index contributed by atoms with van der Waals surface area (Å²) in [7, 11) is 0. The average Bonchev–Trinajstić information content (AvgIpc) is 3.20. The van der Waals surface area contributed by atoms with Gasteiger partial charge in [-0.1, -0.05) is 167 Å². The van der Waals surface area contributed by atoms with E-state index in [1.165, 1.54) is 103 Å². The first-order valence-electron chi connectivity index (χ1n) is 22.7. The number of hydrogen-bond acceptors (Lipinski definition) is 10. The molecule has 11 nitrogen and oxygen atoms in total. The molecular formula is C45H85NO10. The summed E-state index contributed by atoms with van der Waals surface area (Å²) in [5.74, 6) is -0.711. The van der Waals surface area contributed by atoms with Crippen molar-refractivity contribution in [2.24, 2.45) is 0 Å². The highest BCUT2D eigenvalue weighted by molar-refractivity contribution is 5.80. The molecule has 330 valence electrons. The highest BCUT2D eigenvalue weighted by Gasteiger charge is 2.44. The van der Waals surface area contributed by atoms with E-state index >= 15 is 0 Å². The lowest BCUT2D eigenvalue weighted by atomic mass is 9.98. The molecule has 0 bridgehead atoms. The number of carbonyl (C=O) groups is 1. The number of aliphatic hydroxyl groups is 7. The zero-order valence-electron chi connectivity index (χ0n) is 35.4. The molecule has 1 fully saturated rings.